The number of hydrogen-bond donors (Lipinski definition) is 0. The number of ether oxygens (including phenoxy) is 3. The molecule has 0 saturated carbocycles. The van der Waals surface area contributed by atoms with E-state index in [0.717, 1.165) is 15.6 Å². The third kappa shape index (κ3) is 2.39. The van der Waals surface area contributed by atoms with E-state index in [9.17, 15) is 0 Å². The Hall–Kier alpha value is -0.420. The molecule has 15 heavy (non-hydrogen) atoms. The Morgan fingerprint density at radius 2 is 1.60 bits per heavy atom. The highest BCUT2D eigenvalue weighted by Crippen LogP contribution is 2.33. The van der Waals surface area contributed by atoms with Gasteiger partial charge in [0.2, 0.25) is 0 Å². The standard InChI is InChI=1S/C11H15BrO3/c1-8-5-6-9(10(12)7-8)11(13-2,14-3)15-4/h5-7H,1-4H3. The molecule has 0 amide bonds. The van der Waals surface area contributed by atoms with Crippen LogP contribution in [-0.2, 0) is 20.2 Å². The van der Waals surface area contributed by atoms with Gasteiger partial charge in [-0.2, -0.15) is 0 Å². The minimum Gasteiger partial charge on any atom is -0.327 e. The molecule has 0 spiro atoms. The first-order valence-electron chi connectivity index (χ1n) is 4.51. The first-order chi connectivity index (χ1) is 7.09. The summed E-state index contributed by atoms with van der Waals surface area (Å²) in [6.07, 6.45) is 0. The molecule has 0 fully saturated rings. The van der Waals surface area contributed by atoms with E-state index in [-0.39, 0.29) is 0 Å². The fraction of sp³-hybridized carbons (Fsp3) is 0.455. The number of methoxy groups -OCH3 is 3. The van der Waals surface area contributed by atoms with E-state index < -0.39 is 5.97 Å². The molecule has 0 aromatic heterocycles. The lowest BCUT2D eigenvalue weighted by molar-refractivity contribution is -0.365. The number of halogens is 1. The second-order valence-corrected chi connectivity index (χ2v) is 4.01. The fourth-order valence-corrected chi connectivity index (χ4v) is 2.18. The third-order valence-electron chi connectivity index (χ3n) is 2.26. The van der Waals surface area contributed by atoms with Crippen molar-refractivity contribution in [2.45, 2.75) is 12.9 Å². The van der Waals surface area contributed by atoms with Crippen molar-refractivity contribution in [1.82, 2.24) is 0 Å². The first-order valence-corrected chi connectivity index (χ1v) is 5.31. The minimum absolute atomic E-state index is 0.806. The predicted octanol–water partition coefficient (Wildman–Crippen LogP) is 2.81. The van der Waals surface area contributed by atoms with Crippen molar-refractivity contribution in [2.75, 3.05) is 21.3 Å². The number of rotatable bonds is 4. The third-order valence-corrected chi connectivity index (χ3v) is 2.92. The molecule has 0 atom stereocenters. The van der Waals surface area contributed by atoms with Gasteiger partial charge in [-0.15, -0.1) is 0 Å². The molecule has 0 aliphatic carbocycles. The lowest BCUT2D eigenvalue weighted by Gasteiger charge is -2.29. The molecule has 4 heteroatoms. The van der Waals surface area contributed by atoms with Crippen molar-refractivity contribution in [1.29, 1.82) is 0 Å². The summed E-state index contributed by atoms with van der Waals surface area (Å²) in [6, 6.07) is 5.88. The van der Waals surface area contributed by atoms with Crippen LogP contribution >= 0.6 is 15.9 Å². The smallest absolute Gasteiger partial charge is 0.312 e. The normalized spacial score (nSPS) is 11.8. The van der Waals surface area contributed by atoms with Gasteiger partial charge in [0.25, 0.3) is 0 Å². The van der Waals surface area contributed by atoms with Gasteiger partial charge in [-0.05, 0) is 24.6 Å². The summed E-state index contributed by atoms with van der Waals surface area (Å²) in [7, 11) is 4.62. The topological polar surface area (TPSA) is 27.7 Å². The van der Waals surface area contributed by atoms with Crippen LogP contribution in [0.3, 0.4) is 0 Å². The van der Waals surface area contributed by atoms with E-state index in [2.05, 4.69) is 15.9 Å². The molecule has 1 aromatic rings. The van der Waals surface area contributed by atoms with E-state index in [1.54, 1.807) is 21.3 Å². The van der Waals surface area contributed by atoms with Gasteiger partial charge in [-0.1, -0.05) is 22.0 Å². The zero-order valence-corrected chi connectivity index (χ0v) is 10.9. The summed E-state index contributed by atoms with van der Waals surface area (Å²) >= 11 is 3.47. The van der Waals surface area contributed by atoms with Crippen LogP contribution in [0.25, 0.3) is 0 Å². The Morgan fingerprint density at radius 3 is 2.00 bits per heavy atom. The summed E-state index contributed by atoms with van der Waals surface area (Å²) in [5.41, 5.74) is 1.96. The van der Waals surface area contributed by atoms with Gasteiger partial charge in [0.15, 0.2) is 0 Å². The van der Waals surface area contributed by atoms with Gasteiger partial charge < -0.3 is 14.2 Å². The molecule has 0 aliphatic rings. The second-order valence-electron chi connectivity index (χ2n) is 3.15. The Balaban J connectivity index is 3.22. The lowest BCUT2D eigenvalue weighted by Crippen LogP contribution is -2.33. The van der Waals surface area contributed by atoms with Gasteiger partial charge in [-0.3, -0.25) is 0 Å². The van der Waals surface area contributed by atoms with Gasteiger partial charge in [0.05, 0.1) is 5.56 Å². The van der Waals surface area contributed by atoms with Crippen molar-refractivity contribution in [3.63, 3.8) is 0 Å². The van der Waals surface area contributed by atoms with Crippen LogP contribution in [0.15, 0.2) is 22.7 Å². The molecular weight excluding hydrogens is 260 g/mol. The first kappa shape index (κ1) is 12.6. The van der Waals surface area contributed by atoms with Crippen LogP contribution in [0.1, 0.15) is 11.1 Å². The van der Waals surface area contributed by atoms with Crippen molar-refractivity contribution < 1.29 is 14.2 Å². The number of hydrogen-bond acceptors (Lipinski definition) is 3. The summed E-state index contributed by atoms with van der Waals surface area (Å²) < 4.78 is 16.7. The minimum atomic E-state index is -1.15. The van der Waals surface area contributed by atoms with Crippen molar-refractivity contribution in [2.24, 2.45) is 0 Å². The number of benzene rings is 1. The zero-order valence-electron chi connectivity index (χ0n) is 9.33. The average Bonchev–Trinajstić information content (AvgIpc) is 2.23. The van der Waals surface area contributed by atoms with Crippen molar-refractivity contribution in [3.8, 4) is 0 Å². The fourth-order valence-electron chi connectivity index (χ4n) is 1.45. The molecule has 0 radical (unpaired) electrons. The molecule has 0 aliphatic heterocycles. The Kier molecular flexibility index (Phi) is 4.28. The monoisotopic (exact) mass is 274 g/mol. The maximum Gasteiger partial charge on any atom is 0.312 e. The molecule has 0 unspecified atom stereocenters. The van der Waals surface area contributed by atoms with E-state index in [1.807, 2.05) is 25.1 Å². The summed E-state index contributed by atoms with van der Waals surface area (Å²) in [4.78, 5) is 0. The highest BCUT2D eigenvalue weighted by atomic mass is 79.9. The molecule has 84 valence electrons. The maximum atomic E-state index is 5.27. The molecule has 0 heterocycles. The highest BCUT2D eigenvalue weighted by Gasteiger charge is 2.34. The molecule has 0 bridgehead atoms. The van der Waals surface area contributed by atoms with E-state index >= 15 is 0 Å². The van der Waals surface area contributed by atoms with Crippen molar-refractivity contribution >= 4 is 15.9 Å². The second kappa shape index (κ2) is 5.07. The van der Waals surface area contributed by atoms with Crippen LogP contribution in [0, 0.1) is 6.92 Å². The Labute approximate surface area is 98.5 Å². The van der Waals surface area contributed by atoms with Crippen LogP contribution in [0.5, 0.6) is 0 Å². The molecule has 0 saturated heterocycles. The predicted molar refractivity (Wildman–Crippen MR) is 61.6 cm³/mol. The Morgan fingerprint density at radius 1 is 1.07 bits per heavy atom. The summed E-state index contributed by atoms with van der Waals surface area (Å²) in [5, 5.41) is 0. The molecule has 1 rings (SSSR count). The maximum absolute atomic E-state index is 5.27. The van der Waals surface area contributed by atoms with Crippen LogP contribution in [-0.4, -0.2) is 21.3 Å². The largest absolute Gasteiger partial charge is 0.327 e. The van der Waals surface area contributed by atoms with Gasteiger partial charge >= 0.3 is 5.97 Å². The molecule has 1 aromatic carbocycles. The van der Waals surface area contributed by atoms with E-state index in [0.29, 0.717) is 0 Å². The summed E-state index contributed by atoms with van der Waals surface area (Å²) in [5.74, 6) is -1.15. The quantitative estimate of drug-likeness (QED) is 0.791. The van der Waals surface area contributed by atoms with E-state index in [1.165, 1.54) is 0 Å². The number of aryl methyl sites for hydroxylation is 1. The van der Waals surface area contributed by atoms with Crippen LogP contribution in [0.4, 0.5) is 0 Å². The van der Waals surface area contributed by atoms with Gasteiger partial charge in [0.1, 0.15) is 0 Å². The molecule has 3 nitrogen and oxygen atoms in total. The Bertz CT molecular complexity index is 326. The lowest BCUT2D eigenvalue weighted by atomic mass is 10.1. The molecule has 0 N–H and O–H groups in total. The van der Waals surface area contributed by atoms with Crippen molar-refractivity contribution in [3.05, 3.63) is 33.8 Å². The average molecular weight is 275 g/mol. The van der Waals surface area contributed by atoms with Gasteiger partial charge in [0, 0.05) is 25.8 Å². The summed E-state index contributed by atoms with van der Waals surface area (Å²) in [6.45, 7) is 2.02. The zero-order chi connectivity index (χ0) is 11.5. The van der Waals surface area contributed by atoms with E-state index in [4.69, 9.17) is 14.2 Å². The SMILES string of the molecule is COC(OC)(OC)c1ccc(C)cc1Br. The van der Waals surface area contributed by atoms with Crippen LogP contribution in [0.2, 0.25) is 0 Å². The van der Waals surface area contributed by atoms with Gasteiger partial charge in [-0.25, -0.2) is 0 Å². The highest BCUT2D eigenvalue weighted by molar-refractivity contribution is 9.10. The molecular formula is C11H15BrO3. The van der Waals surface area contributed by atoms with Crippen LogP contribution < -0.4 is 0 Å².